The van der Waals surface area contributed by atoms with Crippen molar-refractivity contribution in [2.45, 2.75) is 25.4 Å². The molecular formula is C21H27N3O2. The number of rotatable bonds is 7. The molecule has 1 atom stereocenters. The number of nitrogens with zero attached hydrogens (tertiary/aromatic N) is 1. The molecular weight excluding hydrogens is 326 g/mol. The first-order valence-corrected chi connectivity index (χ1v) is 9.16. The van der Waals surface area contributed by atoms with Gasteiger partial charge in [0.05, 0.1) is 13.2 Å². The van der Waals surface area contributed by atoms with Crippen LogP contribution in [0.2, 0.25) is 0 Å². The van der Waals surface area contributed by atoms with E-state index < -0.39 is 0 Å². The molecule has 0 bridgehead atoms. The average Bonchev–Trinajstić information content (AvgIpc) is 3.23. The highest BCUT2D eigenvalue weighted by atomic mass is 16.5. The van der Waals surface area contributed by atoms with Crippen molar-refractivity contribution in [1.29, 1.82) is 0 Å². The predicted octanol–water partition coefficient (Wildman–Crippen LogP) is 2.72. The van der Waals surface area contributed by atoms with E-state index in [0.717, 1.165) is 24.4 Å². The number of nitrogens with one attached hydrogen (secondary N) is 1. The van der Waals surface area contributed by atoms with Gasteiger partial charge in [0.15, 0.2) is 0 Å². The summed E-state index contributed by atoms with van der Waals surface area (Å²) in [4.78, 5) is 15.0. The second-order valence-corrected chi connectivity index (χ2v) is 6.64. The number of carbonyl (C=O) groups is 1. The number of nitrogens with two attached hydrogens (primary N) is 1. The van der Waals surface area contributed by atoms with E-state index in [-0.39, 0.29) is 11.9 Å². The molecule has 5 heteroatoms. The lowest BCUT2D eigenvalue weighted by atomic mass is 10.0. The summed E-state index contributed by atoms with van der Waals surface area (Å²) in [5, 5.41) is 3.10. The van der Waals surface area contributed by atoms with E-state index in [0.29, 0.717) is 18.7 Å². The first kappa shape index (κ1) is 18.4. The van der Waals surface area contributed by atoms with Crippen molar-refractivity contribution in [3.05, 3.63) is 65.2 Å². The Hall–Kier alpha value is -2.37. The SMILES string of the molecule is COc1ccc(C(CNC(=O)c2ccc(CN)cc2)N2CCCC2)cc1. The third-order valence-corrected chi connectivity index (χ3v) is 4.99. The fourth-order valence-corrected chi connectivity index (χ4v) is 3.42. The summed E-state index contributed by atoms with van der Waals surface area (Å²) in [7, 11) is 1.67. The van der Waals surface area contributed by atoms with Crippen LogP contribution in [0.5, 0.6) is 5.75 Å². The third-order valence-electron chi connectivity index (χ3n) is 4.99. The molecule has 138 valence electrons. The Kier molecular flexibility index (Phi) is 6.26. The Morgan fingerprint density at radius 3 is 2.35 bits per heavy atom. The minimum absolute atomic E-state index is 0.0497. The maximum Gasteiger partial charge on any atom is 0.251 e. The number of carbonyl (C=O) groups excluding carboxylic acids is 1. The van der Waals surface area contributed by atoms with Gasteiger partial charge in [0.2, 0.25) is 0 Å². The third kappa shape index (κ3) is 4.42. The van der Waals surface area contributed by atoms with Crippen molar-refractivity contribution in [3.8, 4) is 5.75 Å². The number of amides is 1. The molecule has 2 aromatic carbocycles. The zero-order valence-electron chi connectivity index (χ0n) is 15.3. The number of likely N-dealkylation sites (tertiary alicyclic amines) is 1. The molecule has 0 aromatic heterocycles. The second-order valence-electron chi connectivity index (χ2n) is 6.64. The van der Waals surface area contributed by atoms with Gasteiger partial charge < -0.3 is 15.8 Å². The molecule has 2 aromatic rings. The summed E-state index contributed by atoms with van der Waals surface area (Å²) < 4.78 is 5.26. The second kappa shape index (κ2) is 8.83. The smallest absolute Gasteiger partial charge is 0.251 e. The summed E-state index contributed by atoms with van der Waals surface area (Å²) in [6.45, 7) is 3.20. The van der Waals surface area contributed by atoms with Crippen molar-refractivity contribution in [1.82, 2.24) is 10.2 Å². The van der Waals surface area contributed by atoms with Crippen LogP contribution in [0.15, 0.2) is 48.5 Å². The van der Waals surface area contributed by atoms with E-state index in [1.54, 1.807) is 7.11 Å². The number of methoxy groups -OCH3 is 1. The van der Waals surface area contributed by atoms with Crippen LogP contribution in [0.3, 0.4) is 0 Å². The van der Waals surface area contributed by atoms with Gasteiger partial charge in [-0.3, -0.25) is 9.69 Å². The van der Waals surface area contributed by atoms with Gasteiger partial charge in [-0.2, -0.15) is 0 Å². The number of ether oxygens (including phenoxy) is 1. The molecule has 26 heavy (non-hydrogen) atoms. The topological polar surface area (TPSA) is 67.6 Å². The average molecular weight is 353 g/mol. The van der Waals surface area contributed by atoms with Gasteiger partial charge in [0.1, 0.15) is 5.75 Å². The van der Waals surface area contributed by atoms with Crippen LogP contribution in [0.4, 0.5) is 0 Å². The largest absolute Gasteiger partial charge is 0.497 e. The van der Waals surface area contributed by atoms with Gasteiger partial charge in [-0.25, -0.2) is 0 Å². The van der Waals surface area contributed by atoms with Crippen molar-refractivity contribution in [2.75, 3.05) is 26.7 Å². The molecule has 0 radical (unpaired) electrons. The maximum atomic E-state index is 12.5. The van der Waals surface area contributed by atoms with E-state index in [9.17, 15) is 4.79 Å². The molecule has 0 spiro atoms. The van der Waals surface area contributed by atoms with E-state index in [2.05, 4.69) is 22.3 Å². The molecule has 1 amide bonds. The van der Waals surface area contributed by atoms with Crippen LogP contribution in [0, 0.1) is 0 Å². The van der Waals surface area contributed by atoms with Crippen LogP contribution in [-0.4, -0.2) is 37.6 Å². The Morgan fingerprint density at radius 2 is 1.77 bits per heavy atom. The molecule has 1 heterocycles. The van der Waals surface area contributed by atoms with E-state index in [1.807, 2.05) is 36.4 Å². The number of benzene rings is 2. The fourth-order valence-electron chi connectivity index (χ4n) is 3.42. The number of hydrogen-bond acceptors (Lipinski definition) is 4. The van der Waals surface area contributed by atoms with Gasteiger partial charge in [0, 0.05) is 18.7 Å². The first-order chi connectivity index (χ1) is 12.7. The highest BCUT2D eigenvalue weighted by Crippen LogP contribution is 2.26. The monoisotopic (exact) mass is 353 g/mol. The molecule has 5 nitrogen and oxygen atoms in total. The van der Waals surface area contributed by atoms with Crippen LogP contribution >= 0.6 is 0 Å². The Morgan fingerprint density at radius 1 is 1.12 bits per heavy atom. The lowest BCUT2D eigenvalue weighted by Crippen LogP contribution is -2.36. The van der Waals surface area contributed by atoms with E-state index in [4.69, 9.17) is 10.5 Å². The summed E-state index contributed by atoms with van der Waals surface area (Å²) in [6.07, 6.45) is 2.42. The van der Waals surface area contributed by atoms with Crippen LogP contribution in [-0.2, 0) is 6.54 Å². The van der Waals surface area contributed by atoms with Crippen LogP contribution < -0.4 is 15.8 Å². The molecule has 1 aliphatic rings. The van der Waals surface area contributed by atoms with Gasteiger partial charge in [-0.15, -0.1) is 0 Å². The molecule has 1 fully saturated rings. The first-order valence-electron chi connectivity index (χ1n) is 9.16. The number of hydrogen-bond donors (Lipinski definition) is 2. The fraction of sp³-hybridized carbons (Fsp3) is 0.381. The van der Waals surface area contributed by atoms with Crippen molar-refractivity contribution in [2.24, 2.45) is 5.73 Å². The van der Waals surface area contributed by atoms with Gasteiger partial charge in [0.25, 0.3) is 5.91 Å². The lowest BCUT2D eigenvalue weighted by molar-refractivity contribution is 0.0938. The molecule has 0 saturated carbocycles. The van der Waals surface area contributed by atoms with Gasteiger partial charge in [-0.05, 0) is 61.3 Å². The predicted molar refractivity (Wildman–Crippen MR) is 103 cm³/mol. The summed E-state index contributed by atoms with van der Waals surface area (Å²) in [6, 6.07) is 15.8. The summed E-state index contributed by atoms with van der Waals surface area (Å²) in [5.74, 6) is 0.796. The Balaban J connectivity index is 1.69. The van der Waals surface area contributed by atoms with Crippen molar-refractivity contribution < 1.29 is 9.53 Å². The highest BCUT2D eigenvalue weighted by Gasteiger charge is 2.24. The Labute approximate surface area is 155 Å². The minimum Gasteiger partial charge on any atom is -0.497 e. The molecule has 3 rings (SSSR count). The molecule has 1 saturated heterocycles. The minimum atomic E-state index is -0.0497. The van der Waals surface area contributed by atoms with Gasteiger partial charge in [-0.1, -0.05) is 24.3 Å². The summed E-state index contributed by atoms with van der Waals surface area (Å²) in [5.41, 5.74) is 8.50. The molecule has 1 aliphatic heterocycles. The van der Waals surface area contributed by atoms with E-state index >= 15 is 0 Å². The summed E-state index contributed by atoms with van der Waals surface area (Å²) >= 11 is 0. The van der Waals surface area contributed by atoms with Gasteiger partial charge >= 0.3 is 0 Å². The standard InChI is InChI=1S/C21H27N3O2/c1-26-19-10-8-17(9-11-19)20(24-12-2-3-13-24)15-23-21(25)18-6-4-16(14-22)5-7-18/h4-11,20H,2-3,12-15,22H2,1H3,(H,23,25). The molecule has 0 aliphatic carbocycles. The van der Waals surface area contributed by atoms with Crippen LogP contribution in [0.25, 0.3) is 0 Å². The zero-order valence-corrected chi connectivity index (χ0v) is 15.3. The van der Waals surface area contributed by atoms with Crippen molar-refractivity contribution in [3.63, 3.8) is 0 Å². The Bertz CT molecular complexity index is 707. The normalized spacial score (nSPS) is 15.6. The zero-order chi connectivity index (χ0) is 18.4. The van der Waals surface area contributed by atoms with E-state index in [1.165, 1.54) is 18.4 Å². The molecule has 3 N–H and O–H groups in total. The van der Waals surface area contributed by atoms with Crippen LogP contribution in [0.1, 0.15) is 40.4 Å². The highest BCUT2D eigenvalue weighted by molar-refractivity contribution is 5.94. The molecule has 1 unspecified atom stereocenters. The van der Waals surface area contributed by atoms with Crippen molar-refractivity contribution >= 4 is 5.91 Å². The maximum absolute atomic E-state index is 12.5. The lowest BCUT2D eigenvalue weighted by Gasteiger charge is -2.28. The quantitative estimate of drug-likeness (QED) is 0.803.